The monoisotopic (exact) mass is 849 g/mol. The van der Waals surface area contributed by atoms with Gasteiger partial charge in [-0.25, -0.2) is 8.78 Å². The molecule has 0 unspecified atom stereocenters. The van der Waals surface area contributed by atoms with E-state index < -0.39 is 11.6 Å². The van der Waals surface area contributed by atoms with Crippen molar-refractivity contribution in [2.45, 2.75) is 0 Å². The van der Waals surface area contributed by atoms with E-state index in [1.165, 1.54) is 18.2 Å². The highest BCUT2D eigenvalue weighted by molar-refractivity contribution is 6.14. The molecule has 0 amide bonds. The molecule has 0 saturated carbocycles. The van der Waals surface area contributed by atoms with Gasteiger partial charge in [-0.1, -0.05) is 176 Å². The number of halogens is 2. The summed E-state index contributed by atoms with van der Waals surface area (Å²) in [5, 5.41) is 14.9. The van der Waals surface area contributed by atoms with Crippen LogP contribution in [0.25, 0.3) is 111 Å². The average molecular weight is 850 g/mol. The van der Waals surface area contributed by atoms with E-state index in [0.717, 1.165) is 88.1 Å². The summed E-state index contributed by atoms with van der Waals surface area (Å²) in [5.41, 5.74) is 12.8. The summed E-state index contributed by atoms with van der Waals surface area (Å²) in [7, 11) is 0. The molecular weight excluding hydrogens is 813 g/mol. The molecule has 12 rings (SSSR count). The van der Waals surface area contributed by atoms with Gasteiger partial charge in [0.25, 0.3) is 0 Å². The Morgan fingerprint density at radius 1 is 0.303 bits per heavy atom. The van der Waals surface area contributed by atoms with Crippen molar-refractivity contribution in [2.75, 3.05) is 0 Å². The Kier molecular flexibility index (Phi) is 9.25. The highest BCUT2D eigenvalue weighted by atomic mass is 19.1. The third kappa shape index (κ3) is 6.38. The molecule has 0 spiro atoms. The zero-order valence-corrected chi connectivity index (χ0v) is 35.5. The fraction of sp³-hybridized carbons (Fsp3) is 0. The van der Waals surface area contributed by atoms with Crippen LogP contribution in [0.15, 0.2) is 224 Å². The van der Waals surface area contributed by atoms with Gasteiger partial charge in [0.15, 0.2) is 0 Å². The summed E-state index contributed by atoms with van der Waals surface area (Å²) in [6.45, 7) is 0. The van der Waals surface area contributed by atoms with Crippen LogP contribution >= 0.6 is 0 Å². The first-order valence-electron chi connectivity index (χ1n) is 21.9. The van der Waals surface area contributed by atoms with E-state index in [9.17, 15) is 5.26 Å². The van der Waals surface area contributed by atoms with E-state index in [1.807, 2.05) is 72.8 Å². The maximum Gasteiger partial charge on any atom is 0.134 e. The molecule has 0 aliphatic carbocycles. The minimum absolute atomic E-state index is 0.186. The van der Waals surface area contributed by atoms with Crippen LogP contribution in [0.3, 0.4) is 0 Å². The lowest BCUT2D eigenvalue weighted by molar-refractivity contribution is 0.589. The second-order valence-corrected chi connectivity index (χ2v) is 16.7. The summed E-state index contributed by atoms with van der Waals surface area (Å²) < 4.78 is 38.3. The third-order valence-electron chi connectivity index (χ3n) is 12.9. The van der Waals surface area contributed by atoms with Crippen molar-refractivity contribution < 1.29 is 8.78 Å². The lowest BCUT2D eigenvalue weighted by Crippen LogP contribution is -2.07. The predicted molar refractivity (Wildman–Crippen MR) is 267 cm³/mol. The summed E-state index contributed by atoms with van der Waals surface area (Å²) in [6.07, 6.45) is 0. The second kappa shape index (κ2) is 15.7. The molecule has 3 nitrogen and oxygen atoms in total. The summed E-state index contributed by atoms with van der Waals surface area (Å²) >= 11 is 0. The van der Waals surface area contributed by atoms with Gasteiger partial charge in [0, 0.05) is 27.1 Å². The number of hydrogen-bond acceptors (Lipinski definition) is 1. The molecule has 0 bridgehead atoms. The normalized spacial score (nSPS) is 11.5. The zero-order chi connectivity index (χ0) is 44.3. The van der Waals surface area contributed by atoms with Crippen molar-refractivity contribution in [3.8, 4) is 73.1 Å². The number of benzene rings is 10. The van der Waals surface area contributed by atoms with Crippen LogP contribution < -0.4 is 0 Å². The van der Waals surface area contributed by atoms with Crippen LogP contribution in [0.4, 0.5) is 8.78 Å². The molecule has 12 aromatic rings. The molecule has 0 radical (unpaired) electrons. The van der Waals surface area contributed by atoms with Crippen LogP contribution in [0.1, 0.15) is 5.56 Å². The van der Waals surface area contributed by atoms with Crippen molar-refractivity contribution in [3.63, 3.8) is 0 Å². The number of rotatable bonds is 7. The van der Waals surface area contributed by atoms with E-state index in [0.29, 0.717) is 22.5 Å². The van der Waals surface area contributed by atoms with Crippen LogP contribution in [0, 0.1) is 23.0 Å². The molecule has 0 atom stereocenters. The van der Waals surface area contributed by atoms with E-state index in [1.54, 1.807) is 12.1 Å². The van der Waals surface area contributed by atoms with E-state index in [2.05, 4.69) is 137 Å². The maximum absolute atomic E-state index is 17.0. The van der Waals surface area contributed by atoms with Gasteiger partial charge in [0.05, 0.1) is 50.6 Å². The van der Waals surface area contributed by atoms with Crippen LogP contribution in [0.2, 0.25) is 0 Å². The molecule has 0 N–H and O–H groups in total. The summed E-state index contributed by atoms with van der Waals surface area (Å²) in [5.74, 6) is -1.43. The first-order valence-corrected chi connectivity index (χ1v) is 21.9. The average Bonchev–Trinajstić information content (AvgIpc) is 3.88. The van der Waals surface area contributed by atoms with E-state index in [-0.39, 0.29) is 5.56 Å². The van der Waals surface area contributed by atoms with Gasteiger partial charge in [-0.2, -0.15) is 5.26 Å². The smallest absolute Gasteiger partial charge is 0.134 e. The largest absolute Gasteiger partial charge is 0.308 e. The third-order valence-corrected chi connectivity index (χ3v) is 12.9. The lowest BCUT2D eigenvalue weighted by atomic mass is 9.96. The Morgan fingerprint density at radius 2 is 0.606 bits per heavy atom. The number of fused-ring (bicyclic) bond motifs is 6. The molecular formula is C61H37F2N3. The van der Waals surface area contributed by atoms with Gasteiger partial charge in [-0.3, -0.25) is 0 Å². The van der Waals surface area contributed by atoms with Gasteiger partial charge in [-0.15, -0.1) is 0 Å². The van der Waals surface area contributed by atoms with Crippen molar-refractivity contribution in [1.82, 2.24) is 9.13 Å². The Labute approximate surface area is 379 Å². The molecule has 66 heavy (non-hydrogen) atoms. The number of aromatic nitrogens is 2. The first-order chi connectivity index (χ1) is 32.5. The molecule has 0 aliphatic rings. The minimum atomic E-state index is -0.714. The van der Waals surface area contributed by atoms with Gasteiger partial charge < -0.3 is 9.13 Å². The zero-order valence-electron chi connectivity index (χ0n) is 35.5. The van der Waals surface area contributed by atoms with Crippen molar-refractivity contribution in [3.05, 3.63) is 242 Å². The molecule has 0 fully saturated rings. The van der Waals surface area contributed by atoms with Crippen molar-refractivity contribution in [2.24, 2.45) is 0 Å². The fourth-order valence-electron chi connectivity index (χ4n) is 9.82. The van der Waals surface area contributed by atoms with Crippen molar-refractivity contribution in [1.29, 1.82) is 5.26 Å². The number of nitrogens with zero attached hydrogens (tertiary/aromatic N) is 3. The Bertz CT molecular complexity index is 3450. The van der Waals surface area contributed by atoms with E-state index >= 15 is 8.78 Å². The minimum Gasteiger partial charge on any atom is -0.308 e. The van der Waals surface area contributed by atoms with Crippen LogP contribution in [0.5, 0.6) is 0 Å². The first kappa shape index (κ1) is 38.8. The topological polar surface area (TPSA) is 33.6 Å². The lowest BCUT2D eigenvalue weighted by Gasteiger charge is -2.22. The fourth-order valence-corrected chi connectivity index (χ4v) is 9.82. The second-order valence-electron chi connectivity index (χ2n) is 16.7. The van der Waals surface area contributed by atoms with Crippen LogP contribution in [-0.4, -0.2) is 9.13 Å². The number of hydrogen-bond donors (Lipinski definition) is 0. The van der Waals surface area contributed by atoms with Gasteiger partial charge in [-0.05, 0) is 93.0 Å². The Balaban J connectivity index is 1.27. The Morgan fingerprint density at radius 3 is 0.894 bits per heavy atom. The van der Waals surface area contributed by atoms with Gasteiger partial charge in [0.1, 0.15) is 11.6 Å². The van der Waals surface area contributed by atoms with Gasteiger partial charge in [0.2, 0.25) is 0 Å². The predicted octanol–water partition coefficient (Wildman–Crippen LogP) is 16.4. The summed E-state index contributed by atoms with van der Waals surface area (Å²) in [6, 6.07) is 76.3. The standard InChI is InChI=1S/C61H37F2N3/c62-52-22-13-23-53(63)60(52)61-58(65-54-34-44(40-14-5-1-6-15-40)24-28-48(54)49-29-25-45(35-55(49)65)41-16-7-2-8-17-41)32-39(38-64)33-59(61)66-56-36-46(42-18-9-3-10-19-42)26-30-50(56)51-31-27-47(37-57(51)66)43-20-11-4-12-21-43/h1-37H. The highest BCUT2D eigenvalue weighted by Crippen LogP contribution is 2.46. The molecule has 2 heterocycles. The molecule has 310 valence electrons. The Hall–Kier alpha value is -8.85. The molecule has 2 aromatic heterocycles. The quantitative estimate of drug-likeness (QED) is 0.157. The molecule has 0 aliphatic heterocycles. The summed E-state index contributed by atoms with van der Waals surface area (Å²) in [4.78, 5) is 0. The SMILES string of the molecule is N#Cc1cc(-n2c3cc(-c4ccccc4)ccc3c3ccc(-c4ccccc4)cc32)c(-c2c(F)cccc2F)c(-n2c3cc(-c4ccccc4)ccc3c3ccc(-c4ccccc4)cc32)c1. The van der Waals surface area contributed by atoms with E-state index in [4.69, 9.17) is 0 Å². The van der Waals surface area contributed by atoms with Crippen molar-refractivity contribution >= 4 is 43.6 Å². The maximum atomic E-state index is 17.0. The number of nitriles is 1. The van der Waals surface area contributed by atoms with Crippen LogP contribution in [-0.2, 0) is 0 Å². The highest BCUT2D eigenvalue weighted by Gasteiger charge is 2.27. The van der Waals surface area contributed by atoms with Gasteiger partial charge >= 0.3 is 0 Å². The molecule has 10 aromatic carbocycles. The molecule has 0 saturated heterocycles. The molecule has 5 heteroatoms.